The van der Waals surface area contributed by atoms with Crippen LogP contribution in [0.5, 0.6) is 0 Å². The molecule has 0 aliphatic heterocycles. The summed E-state index contributed by atoms with van der Waals surface area (Å²) in [6.45, 7) is 4.74. The van der Waals surface area contributed by atoms with Crippen LogP contribution in [-0.2, 0) is 4.74 Å². The summed E-state index contributed by atoms with van der Waals surface area (Å²) in [5, 5.41) is 3.56. The molecule has 0 bridgehead atoms. The van der Waals surface area contributed by atoms with E-state index >= 15 is 0 Å². The first kappa shape index (κ1) is 12.9. The Kier molecular flexibility index (Phi) is 5.58. The molecule has 1 rings (SSSR count). The normalized spacial score (nSPS) is 20.2. The van der Waals surface area contributed by atoms with Gasteiger partial charge in [0, 0.05) is 25.8 Å². The third-order valence-corrected chi connectivity index (χ3v) is 3.35. The second-order valence-electron chi connectivity index (χ2n) is 5.02. The Hall–Kier alpha value is -0.120. The van der Waals surface area contributed by atoms with E-state index < -0.39 is 0 Å². The fourth-order valence-corrected chi connectivity index (χ4v) is 1.78. The quantitative estimate of drug-likeness (QED) is 0.572. The van der Waals surface area contributed by atoms with Crippen molar-refractivity contribution in [3.63, 3.8) is 0 Å². The van der Waals surface area contributed by atoms with Gasteiger partial charge in [-0.2, -0.15) is 0 Å². The van der Waals surface area contributed by atoms with Crippen LogP contribution < -0.4 is 11.1 Å². The van der Waals surface area contributed by atoms with Gasteiger partial charge in [0.15, 0.2) is 0 Å². The van der Waals surface area contributed by atoms with Gasteiger partial charge in [-0.05, 0) is 38.6 Å². The average Bonchev–Trinajstić information content (AvgIpc) is 3.05. The topological polar surface area (TPSA) is 47.3 Å². The van der Waals surface area contributed by atoms with E-state index in [1.54, 1.807) is 7.11 Å². The number of nitrogens with one attached hydrogen (secondary N) is 1. The number of hydrogen-bond acceptors (Lipinski definition) is 3. The SMILES string of the molecule is COCCC(C)(CN)NCCCC1CC1. The Morgan fingerprint density at radius 2 is 2.20 bits per heavy atom. The van der Waals surface area contributed by atoms with Crippen LogP contribution in [0.1, 0.15) is 39.0 Å². The number of methoxy groups -OCH3 is 1. The van der Waals surface area contributed by atoms with Crippen molar-refractivity contribution < 1.29 is 4.74 Å². The Bertz CT molecular complexity index is 171. The molecule has 1 atom stereocenters. The molecule has 1 aliphatic carbocycles. The summed E-state index contributed by atoms with van der Waals surface area (Å²) < 4.78 is 5.10. The lowest BCUT2D eigenvalue weighted by molar-refractivity contribution is 0.161. The van der Waals surface area contributed by atoms with Crippen molar-refractivity contribution in [2.45, 2.75) is 44.6 Å². The third-order valence-electron chi connectivity index (χ3n) is 3.35. The first-order valence-electron chi connectivity index (χ1n) is 6.14. The van der Waals surface area contributed by atoms with Crippen LogP contribution in [0.3, 0.4) is 0 Å². The molecule has 3 nitrogen and oxygen atoms in total. The van der Waals surface area contributed by atoms with Gasteiger partial charge in [0.25, 0.3) is 0 Å². The molecule has 3 N–H and O–H groups in total. The van der Waals surface area contributed by atoms with E-state index in [4.69, 9.17) is 10.5 Å². The Morgan fingerprint density at radius 1 is 1.47 bits per heavy atom. The molecule has 1 saturated carbocycles. The van der Waals surface area contributed by atoms with Gasteiger partial charge in [0.1, 0.15) is 0 Å². The van der Waals surface area contributed by atoms with Crippen molar-refractivity contribution in [3.05, 3.63) is 0 Å². The molecule has 0 heterocycles. The van der Waals surface area contributed by atoms with Crippen molar-refractivity contribution in [1.82, 2.24) is 5.32 Å². The van der Waals surface area contributed by atoms with Crippen molar-refractivity contribution >= 4 is 0 Å². The highest BCUT2D eigenvalue weighted by Crippen LogP contribution is 2.33. The summed E-state index contributed by atoms with van der Waals surface area (Å²) in [4.78, 5) is 0. The zero-order chi connectivity index (χ0) is 11.1. The van der Waals surface area contributed by atoms with E-state index in [2.05, 4.69) is 12.2 Å². The van der Waals surface area contributed by atoms with Crippen LogP contribution in [0.15, 0.2) is 0 Å². The van der Waals surface area contributed by atoms with Gasteiger partial charge in [-0.3, -0.25) is 0 Å². The molecule has 0 aromatic heterocycles. The van der Waals surface area contributed by atoms with Crippen LogP contribution in [-0.4, -0.2) is 32.3 Å². The molecule has 0 radical (unpaired) electrons. The smallest absolute Gasteiger partial charge is 0.0480 e. The second kappa shape index (κ2) is 6.46. The highest BCUT2D eigenvalue weighted by Gasteiger charge is 2.23. The Morgan fingerprint density at radius 3 is 2.73 bits per heavy atom. The number of nitrogens with two attached hydrogens (primary N) is 1. The van der Waals surface area contributed by atoms with Gasteiger partial charge in [0.2, 0.25) is 0 Å². The lowest BCUT2D eigenvalue weighted by Crippen LogP contribution is -2.49. The van der Waals surface area contributed by atoms with E-state index in [0.29, 0.717) is 6.54 Å². The lowest BCUT2D eigenvalue weighted by atomic mass is 9.98. The molecule has 1 fully saturated rings. The molecule has 0 amide bonds. The van der Waals surface area contributed by atoms with Crippen molar-refractivity contribution in [2.75, 3.05) is 26.8 Å². The summed E-state index contributed by atoms with van der Waals surface area (Å²) in [6.07, 6.45) is 6.57. The molecule has 90 valence electrons. The van der Waals surface area contributed by atoms with Gasteiger partial charge >= 0.3 is 0 Å². The van der Waals surface area contributed by atoms with Crippen LogP contribution in [0.4, 0.5) is 0 Å². The summed E-state index contributed by atoms with van der Waals surface area (Å²) in [5.74, 6) is 1.04. The van der Waals surface area contributed by atoms with Gasteiger partial charge in [-0.25, -0.2) is 0 Å². The van der Waals surface area contributed by atoms with Crippen molar-refractivity contribution in [1.29, 1.82) is 0 Å². The predicted octanol–water partition coefficient (Wildman–Crippen LogP) is 1.52. The highest BCUT2D eigenvalue weighted by molar-refractivity contribution is 4.84. The summed E-state index contributed by atoms with van der Waals surface area (Å²) in [5.41, 5.74) is 5.84. The minimum absolute atomic E-state index is 0.0551. The van der Waals surface area contributed by atoms with Crippen molar-refractivity contribution in [3.8, 4) is 0 Å². The summed E-state index contributed by atoms with van der Waals surface area (Å²) >= 11 is 0. The Labute approximate surface area is 93.8 Å². The van der Waals surface area contributed by atoms with E-state index in [9.17, 15) is 0 Å². The maximum absolute atomic E-state index is 5.78. The zero-order valence-corrected chi connectivity index (χ0v) is 10.2. The molecule has 1 unspecified atom stereocenters. The standard InChI is InChI=1S/C12H26N2O/c1-12(10-13,7-9-15-2)14-8-3-4-11-5-6-11/h11,14H,3-10,13H2,1-2H3. The summed E-state index contributed by atoms with van der Waals surface area (Å²) in [7, 11) is 1.74. The third kappa shape index (κ3) is 5.50. The number of hydrogen-bond donors (Lipinski definition) is 2. The molecule has 0 spiro atoms. The number of ether oxygens (including phenoxy) is 1. The first-order chi connectivity index (χ1) is 7.20. The van der Waals surface area contributed by atoms with Gasteiger partial charge in [0.05, 0.1) is 0 Å². The first-order valence-corrected chi connectivity index (χ1v) is 6.14. The van der Waals surface area contributed by atoms with E-state index in [1.807, 2.05) is 0 Å². The van der Waals surface area contributed by atoms with Crippen molar-refractivity contribution in [2.24, 2.45) is 11.7 Å². The molecule has 3 heteroatoms. The van der Waals surface area contributed by atoms with Crippen LogP contribution in [0, 0.1) is 5.92 Å². The number of rotatable bonds is 9. The van der Waals surface area contributed by atoms with Crippen LogP contribution in [0.2, 0.25) is 0 Å². The second-order valence-corrected chi connectivity index (χ2v) is 5.02. The highest BCUT2D eigenvalue weighted by atomic mass is 16.5. The molecular weight excluding hydrogens is 188 g/mol. The fraction of sp³-hybridized carbons (Fsp3) is 1.00. The van der Waals surface area contributed by atoms with Gasteiger partial charge < -0.3 is 15.8 Å². The van der Waals surface area contributed by atoms with E-state index in [1.165, 1.54) is 25.7 Å². The lowest BCUT2D eigenvalue weighted by Gasteiger charge is -2.29. The van der Waals surface area contributed by atoms with E-state index in [0.717, 1.165) is 25.5 Å². The average molecular weight is 214 g/mol. The monoisotopic (exact) mass is 214 g/mol. The largest absolute Gasteiger partial charge is 0.385 e. The van der Waals surface area contributed by atoms with Crippen LogP contribution >= 0.6 is 0 Å². The van der Waals surface area contributed by atoms with Crippen LogP contribution in [0.25, 0.3) is 0 Å². The van der Waals surface area contributed by atoms with Gasteiger partial charge in [-0.1, -0.05) is 12.8 Å². The molecule has 0 aromatic carbocycles. The maximum atomic E-state index is 5.78. The molecule has 15 heavy (non-hydrogen) atoms. The molecule has 1 aliphatic rings. The fourth-order valence-electron chi connectivity index (χ4n) is 1.78. The van der Waals surface area contributed by atoms with Gasteiger partial charge in [-0.15, -0.1) is 0 Å². The predicted molar refractivity (Wildman–Crippen MR) is 63.9 cm³/mol. The Balaban J connectivity index is 2.06. The minimum atomic E-state index is 0.0551. The maximum Gasteiger partial charge on any atom is 0.0480 e. The van der Waals surface area contributed by atoms with E-state index in [-0.39, 0.29) is 5.54 Å². The molecule has 0 aromatic rings. The molecular formula is C12H26N2O. The minimum Gasteiger partial charge on any atom is -0.385 e. The zero-order valence-electron chi connectivity index (χ0n) is 10.2. The summed E-state index contributed by atoms with van der Waals surface area (Å²) in [6, 6.07) is 0. The molecule has 0 saturated heterocycles.